The van der Waals surface area contributed by atoms with Crippen molar-refractivity contribution >= 4 is 51.2 Å². The topological polar surface area (TPSA) is 84.7 Å². The van der Waals surface area contributed by atoms with Gasteiger partial charge in [-0.3, -0.25) is 14.8 Å². The van der Waals surface area contributed by atoms with Gasteiger partial charge in [0.15, 0.2) is 0 Å². The van der Waals surface area contributed by atoms with E-state index in [2.05, 4.69) is 25.6 Å². The van der Waals surface area contributed by atoms with E-state index in [1.165, 1.54) is 0 Å². The lowest BCUT2D eigenvalue weighted by Crippen LogP contribution is -2.10. The van der Waals surface area contributed by atoms with Crippen LogP contribution in [0.1, 0.15) is 11.1 Å². The van der Waals surface area contributed by atoms with Crippen LogP contribution in [-0.2, 0) is 11.8 Å². The van der Waals surface area contributed by atoms with E-state index in [-0.39, 0.29) is 5.91 Å². The first-order valence-corrected chi connectivity index (χ1v) is 11.4. The minimum absolute atomic E-state index is 0.200. The van der Waals surface area contributed by atoms with Gasteiger partial charge in [-0.2, -0.15) is 0 Å². The number of hydrogen-bond donors (Lipinski definition) is 2. The molecule has 6 rings (SSSR count). The molecule has 35 heavy (non-hydrogen) atoms. The molecule has 0 saturated carbocycles. The minimum atomic E-state index is -0.200. The van der Waals surface area contributed by atoms with Gasteiger partial charge in [0.2, 0.25) is 0 Å². The SMILES string of the molecule is Cn1ccnc1-c1ccc(N/C(=C2\C(=O)Nc3cc(Cl)ccc32)c2ccc3nccnc3c2)cc1. The molecular formula is C27H19ClN6O. The van der Waals surface area contributed by atoms with Gasteiger partial charge in [-0.05, 0) is 48.5 Å². The fourth-order valence-electron chi connectivity index (χ4n) is 4.28. The number of anilines is 2. The molecule has 3 heterocycles. The summed E-state index contributed by atoms with van der Waals surface area (Å²) >= 11 is 6.17. The Morgan fingerprint density at radius 1 is 0.914 bits per heavy atom. The molecule has 7 nitrogen and oxygen atoms in total. The Kier molecular flexibility index (Phi) is 5.04. The number of fused-ring (bicyclic) bond motifs is 2. The van der Waals surface area contributed by atoms with Crippen molar-refractivity contribution in [2.45, 2.75) is 0 Å². The Morgan fingerprint density at radius 2 is 1.71 bits per heavy atom. The van der Waals surface area contributed by atoms with Gasteiger partial charge in [-0.1, -0.05) is 23.7 Å². The quantitative estimate of drug-likeness (QED) is 0.328. The minimum Gasteiger partial charge on any atom is -0.354 e. The van der Waals surface area contributed by atoms with Gasteiger partial charge in [0.25, 0.3) is 5.91 Å². The zero-order valence-corrected chi connectivity index (χ0v) is 19.4. The Balaban J connectivity index is 1.48. The summed E-state index contributed by atoms with van der Waals surface area (Å²) in [6.45, 7) is 0. The summed E-state index contributed by atoms with van der Waals surface area (Å²) in [6, 6.07) is 19.1. The van der Waals surface area contributed by atoms with Gasteiger partial charge in [0.05, 0.1) is 28.0 Å². The van der Waals surface area contributed by atoms with Gasteiger partial charge >= 0.3 is 0 Å². The first-order chi connectivity index (χ1) is 17.1. The standard InChI is InChI=1S/C27H19ClN6O/c1-34-13-12-31-26(34)16-2-6-19(7-3-16)32-25(17-4-9-21-23(14-17)30-11-10-29-21)24-20-8-5-18(28)15-22(20)33-27(24)35/h2-15,32H,1H3,(H,33,35)/b25-24-. The highest BCUT2D eigenvalue weighted by Crippen LogP contribution is 2.39. The summed E-state index contributed by atoms with van der Waals surface area (Å²) in [5.74, 6) is 0.679. The second kappa shape index (κ2) is 8.38. The Morgan fingerprint density at radius 3 is 2.49 bits per heavy atom. The first kappa shape index (κ1) is 21.1. The second-order valence-electron chi connectivity index (χ2n) is 8.22. The van der Waals surface area contributed by atoms with Crippen LogP contribution in [0.15, 0.2) is 85.5 Å². The fraction of sp³-hybridized carbons (Fsp3) is 0.0370. The highest BCUT2D eigenvalue weighted by Gasteiger charge is 2.28. The van der Waals surface area contributed by atoms with Crippen LogP contribution in [0.2, 0.25) is 5.02 Å². The molecule has 0 saturated heterocycles. The van der Waals surface area contributed by atoms with Crippen molar-refractivity contribution in [1.29, 1.82) is 0 Å². The Bertz CT molecular complexity index is 1640. The number of nitrogens with zero attached hydrogens (tertiary/aromatic N) is 4. The third kappa shape index (κ3) is 3.82. The molecule has 0 fully saturated rings. The summed E-state index contributed by atoms with van der Waals surface area (Å²) in [5, 5.41) is 6.98. The number of aryl methyl sites for hydroxylation is 1. The van der Waals surface area contributed by atoms with Crippen molar-refractivity contribution < 1.29 is 4.79 Å². The van der Waals surface area contributed by atoms with Crippen molar-refractivity contribution in [1.82, 2.24) is 19.5 Å². The van der Waals surface area contributed by atoms with Crippen LogP contribution in [0.4, 0.5) is 11.4 Å². The number of rotatable bonds is 4. The number of hydrogen-bond acceptors (Lipinski definition) is 5. The summed E-state index contributed by atoms with van der Waals surface area (Å²) in [7, 11) is 1.96. The summed E-state index contributed by atoms with van der Waals surface area (Å²) < 4.78 is 1.97. The molecule has 170 valence electrons. The number of amides is 1. The van der Waals surface area contributed by atoms with Crippen LogP contribution >= 0.6 is 11.6 Å². The molecule has 1 aliphatic rings. The number of imidazole rings is 1. The lowest BCUT2D eigenvalue weighted by molar-refractivity contribution is -0.110. The van der Waals surface area contributed by atoms with Crippen molar-refractivity contribution in [3.05, 3.63) is 102 Å². The molecule has 1 amide bonds. The molecule has 0 aliphatic carbocycles. The number of carbonyl (C=O) groups excluding carboxylic acids is 1. The van der Waals surface area contributed by atoms with Gasteiger partial charge in [0, 0.05) is 59.2 Å². The molecule has 8 heteroatoms. The van der Waals surface area contributed by atoms with Gasteiger partial charge in [-0.25, -0.2) is 4.98 Å². The van der Waals surface area contributed by atoms with E-state index in [4.69, 9.17) is 11.6 Å². The molecule has 0 unspecified atom stereocenters. The van der Waals surface area contributed by atoms with Crippen LogP contribution in [0.3, 0.4) is 0 Å². The molecule has 0 atom stereocenters. The number of halogens is 1. The average molecular weight is 479 g/mol. The molecule has 0 spiro atoms. The van der Waals surface area contributed by atoms with Crippen molar-refractivity contribution in [3.8, 4) is 11.4 Å². The molecule has 3 aromatic carbocycles. The van der Waals surface area contributed by atoms with Crippen molar-refractivity contribution in [3.63, 3.8) is 0 Å². The van der Waals surface area contributed by atoms with E-state index in [9.17, 15) is 4.79 Å². The summed E-state index contributed by atoms with van der Waals surface area (Å²) in [5.41, 5.74) is 6.84. The van der Waals surface area contributed by atoms with Crippen LogP contribution in [0.5, 0.6) is 0 Å². The van der Waals surface area contributed by atoms with Crippen molar-refractivity contribution in [2.75, 3.05) is 10.6 Å². The highest BCUT2D eigenvalue weighted by molar-refractivity contribution is 6.38. The van der Waals surface area contributed by atoms with E-state index in [0.29, 0.717) is 22.0 Å². The van der Waals surface area contributed by atoms with Crippen LogP contribution < -0.4 is 10.6 Å². The normalized spacial score (nSPS) is 14.1. The smallest absolute Gasteiger partial charge is 0.258 e. The number of carbonyl (C=O) groups is 1. The summed E-state index contributed by atoms with van der Waals surface area (Å²) in [6.07, 6.45) is 7.00. The van der Waals surface area contributed by atoms with E-state index >= 15 is 0 Å². The molecule has 5 aromatic rings. The molecule has 0 bridgehead atoms. The first-order valence-electron chi connectivity index (χ1n) is 11.0. The largest absolute Gasteiger partial charge is 0.354 e. The van der Waals surface area contributed by atoms with Crippen LogP contribution in [0.25, 0.3) is 33.7 Å². The van der Waals surface area contributed by atoms with Crippen molar-refractivity contribution in [2.24, 2.45) is 7.05 Å². The number of benzene rings is 3. The number of aromatic nitrogens is 4. The maximum atomic E-state index is 13.2. The highest BCUT2D eigenvalue weighted by atomic mass is 35.5. The van der Waals surface area contributed by atoms with E-state index in [0.717, 1.165) is 39.2 Å². The molecule has 1 aliphatic heterocycles. The van der Waals surface area contributed by atoms with Gasteiger partial charge in [-0.15, -0.1) is 0 Å². The fourth-order valence-corrected chi connectivity index (χ4v) is 4.45. The van der Waals surface area contributed by atoms with Gasteiger partial charge < -0.3 is 15.2 Å². The molecule has 2 N–H and O–H groups in total. The Hall–Kier alpha value is -4.49. The van der Waals surface area contributed by atoms with E-state index < -0.39 is 0 Å². The zero-order chi connectivity index (χ0) is 23.9. The van der Waals surface area contributed by atoms with E-state index in [1.54, 1.807) is 30.7 Å². The maximum absolute atomic E-state index is 13.2. The lowest BCUT2D eigenvalue weighted by Gasteiger charge is -2.15. The molecular weight excluding hydrogens is 460 g/mol. The third-order valence-corrected chi connectivity index (χ3v) is 6.20. The zero-order valence-electron chi connectivity index (χ0n) is 18.7. The predicted molar refractivity (Wildman–Crippen MR) is 139 cm³/mol. The summed E-state index contributed by atoms with van der Waals surface area (Å²) in [4.78, 5) is 26.4. The predicted octanol–water partition coefficient (Wildman–Crippen LogP) is 5.62. The molecule has 2 aromatic heterocycles. The number of nitrogens with one attached hydrogen (secondary N) is 2. The third-order valence-electron chi connectivity index (χ3n) is 5.97. The average Bonchev–Trinajstić information content (AvgIpc) is 3.44. The van der Waals surface area contributed by atoms with Gasteiger partial charge in [0.1, 0.15) is 5.82 Å². The monoisotopic (exact) mass is 478 g/mol. The van der Waals surface area contributed by atoms with Crippen LogP contribution in [0, 0.1) is 0 Å². The lowest BCUT2D eigenvalue weighted by atomic mass is 9.99. The molecule has 0 radical (unpaired) electrons. The van der Waals surface area contributed by atoms with Crippen LogP contribution in [-0.4, -0.2) is 25.4 Å². The second-order valence-corrected chi connectivity index (χ2v) is 8.65. The van der Waals surface area contributed by atoms with E-state index in [1.807, 2.05) is 66.3 Å². The Labute approximate surface area is 206 Å². The maximum Gasteiger partial charge on any atom is 0.258 e.